The Kier molecular flexibility index (Phi) is 5.22. The van der Waals surface area contributed by atoms with Crippen molar-refractivity contribution in [2.75, 3.05) is 32.0 Å². The molecule has 2 aliphatic heterocycles. The van der Waals surface area contributed by atoms with Gasteiger partial charge in [0.1, 0.15) is 0 Å². The topological polar surface area (TPSA) is 49.9 Å². The first-order chi connectivity index (χ1) is 11.2. The molecule has 2 atom stereocenters. The van der Waals surface area contributed by atoms with Crippen molar-refractivity contribution in [1.29, 1.82) is 0 Å². The Morgan fingerprint density at radius 2 is 1.88 bits per heavy atom. The van der Waals surface area contributed by atoms with Gasteiger partial charge < -0.3 is 4.74 Å². The fourth-order valence-corrected chi connectivity index (χ4v) is 5.83. The van der Waals surface area contributed by atoms with Gasteiger partial charge in [-0.2, -0.15) is 4.31 Å². The van der Waals surface area contributed by atoms with Crippen LogP contribution in [0.25, 0.3) is 0 Å². The van der Waals surface area contributed by atoms with Gasteiger partial charge >= 0.3 is 0 Å². The number of hydrogen-bond donors (Lipinski definition) is 0. The Balaban J connectivity index is 1.72. The molecule has 1 saturated carbocycles. The summed E-state index contributed by atoms with van der Waals surface area (Å²) in [6.07, 6.45) is 0.659. The molecule has 3 aliphatic rings. The van der Waals surface area contributed by atoms with Crippen LogP contribution in [0.1, 0.15) is 39.5 Å². The minimum Gasteiger partial charge on any atom is -0.374 e. The van der Waals surface area contributed by atoms with Gasteiger partial charge in [0.05, 0.1) is 24.5 Å². The number of alkyl halides is 2. The third-order valence-corrected chi connectivity index (χ3v) is 7.23. The average Bonchev–Trinajstić information content (AvgIpc) is 2.83. The highest BCUT2D eigenvalue weighted by atomic mass is 32.2. The van der Waals surface area contributed by atoms with Gasteiger partial charge in [0.2, 0.25) is 15.9 Å². The van der Waals surface area contributed by atoms with Gasteiger partial charge in [0, 0.05) is 38.5 Å². The van der Waals surface area contributed by atoms with Crippen molar-refractivity contribution in [2.24, 2.45) is 5.92 Å². The molecule has 2 saturated heterocycles. The maximum absolute atomic E-state index is 13.4. The normalized spacial score (nSPS) is 35.0. The lowest BCUT2D eigenvalue weighted by Gasteiger charge is -2.35. The van der Waals surface area contributed by atoms with Crippen molar-refractivity contribution in [2.45, 2.75) is 63.6 Å². The summed E-state index contributed by atoms with van der Waals surface area (Å²) in [5, 5.41) is 0. The predicted molar refractivity (Wildman–Crippen MR) is 87.6 cm³/mol. The second-order valence-electron chi connectivity index (χ2n) is 7.80. The van der Waals surface area contributed by atoms with E-state index >= 15 is 0 Å². The average molecular weight is 366 g/mol. The molecule has 0 aromatic rings. The lowest BCUT2D eigenvalue weighted by atomic mass is 9.91. The van der Waals surface area contributed by atoms with Crippen LogP contribution in [0, 0.1) is 5.92 Å². The molecule has 8 heteroatoms. The number of hydrogen-bond acceptors (Lipinski definition) is 4. The summed E-state index contributed by atoms with van der Waals surface area (Å²) in [6.45, 7) is 5.95. The van der Waals surface area contributed by atoms with Crippen LogP contribution in [0.5, 0.6) is 0 Å². The van der Waals surface area contributed by atoms with Crippen LogP contribution in [0.3, 0.4) is 0 Å². The molecule has 0 aromatic heterocycles. The van der Waals surface area contributed by atoms with Crippen LogP contribution in [0.15, 0.2) is 0 Å². The summed E-state index contributed by atoms with van der Waals surface area (Å²) in [5.74, 6) is -2.27. The van der Waals surface area contributed by atoms with E-state index in [4.69, 9.17) is 4.74 Å². The third-order valence-electron chi connectivity index (χ3n) is 5.41. The molecule has 3 fully saturated rings. The summed E-state index contributed by atoms with van der Waals surface area (Å²) >= 11 is 0. The number of fused-ring (bicyclic) bond motifs is 1. The van der Waals surface area contributed by atoms with Gasteiger partial charge in [-0.3, -0.25) is 4.90 Å². The second kappa shape index (κ2) is 6.78. The molecule has 0 radical (unpaired) electrons. The Hall–Kier alpha value is -0.310. The van der Waals surface area contributed by atoms with Crippen molar-refractivity contribution in [3.8, 4) is 0 Å². The molecule has 0 bridgehead atoms. The molecule has 0 aromatic carbocycles. The molecule has 0 spiro atoms. The first-order valence-electron chi connectivity index (χ1n) is 8.91. The van der Waals surface area contributed by atoms with Gasteiger partial charge in [0.15, 0.2) is 0 Å². The molecule has 24 heavy (non-hydrogen) atoms. The number of rotatable bonds is 3. The minimum atomic E-state index is -3.32. The maximum atomic E-state index is 13.4. The largest absolute Gasteiger partial charge is 0.374 e. The second-order valence-corrected chi connectivity index (χ2v) is 9.84. The molecule has 3 rings (SSSR count). The van der Waals surface area contributed by atoms with Gasteiger partial charge in [-0.05, 0) is 18.8 Å². The lowest BCUT2D eigenvalue weighted by molar-refractivity contribution is -0.0529. The first-order valence-corrected chi connectivity index (χ1v) is 10.5. The van der Waals surface area contributed by atoms with E-state index in [9.17, 15) is 17.2 Å². The quantitative estimate of drug-likeness (QED) is 0.766. The van der Waals surface area contributed by atoms with Gasteiger partial charge in [-0.15, -0.1) is 0 Å². The Morgan fingerprint density at radius 3 is 2.50 bits per heavy atom. The van der Waals surface area contributed by atoms with E-state index in [0.29, 0.717) is 32.5 Å². The Labute approximate surface area is 143 Å². The number of ether oxygens (including phenoxy) is 1. The van der Waals surface area contributed by atoms with Crippen molar-refractivity contribution >= 4 is 10.0 Å². The molecular formula is C16H28F2N2O3S. The zero-order valence-electron chi connectivity index (χ0n) is 14.5. The van der Waals surface area contributed by atoms with E-state index in [1.165, 1.54) is 0 Å². The van der Waals surface area contributed by atoms with E-state index in [1.54, 1.807) is 4.31 Å². The van der Waals surface area contributed by atoms with E-state index in [0.717, 1.165) is 0 Å². The van der Waals surface area contributed by atoms with Crippen LogP contribution in [-0.2, 0) is 14.8 Å². The van der Waals surface area contributed by atoms with Crippen LogP contribution in [0.4, 0.5) is 8.78 Å². The van der Waals surface area contributed by atoms with E-state index in [1.807, 2.05) is 13.8 Å². The van der Waals surface area contributed by atoms with Crippen LogP contribution < -0.4 is 0 Å². The SMILES string of the molecule is CC(C)CN1[C@@H]2CN(C3CCC(F)(F)CC3)C[C@@H]2OCCS1(=O)=O. The van der Waals surface area contributed by atoms with Gasteiger partial charge in [-0.1, -0.05) is 13.8 Å². The zero-order chi connectivity index (χ0) is 17.5. The number of halogens is 2. The molecule has 0 unspecified atom stereocenters. The maximum Gasteiger partial charge on any atom is 0.248 e. The fraction of sp³-hybridized carbons (Fsp3) is 1.00. The monoisotopic (exact) mass is 366 g/mol. The number of likely N-dealkylation sites (tertiary alicyclic amines) is 1. The smallest absolute Gasteiger partial charge is 0.248 e. The van der Waals surface area contributed by atoms with Crippen molar-refractivity contribution in [1.82, 2.24) is 9.21 Å². The van der Waals surface area contributed by atoms with Crippen LogP contribution in [0.2, 0.25) is 0 Å². The lowest BCUT2D eigenvalue weighted by Crippen LogP contribution is -2.48. The molecule has 0 N–H and O–H groups in total. The minimum absolute atomic E-state index is 0.0301. The van der Waals surface area contributed by atoms with Crippen molar-refractivity contribution in [3.05, 3.63) is 0 Å². The Morgan fingerprint density at radius 1 is 1.21 bits per heavy atom. The van der Waals surface area contributed by atoms with Crippen LogP contribution >= 0.6 is 0 Å². The predicted octanol–water partition coefficient (Wildman–Crippen LogP) is 1.94. The van der Waals surface area contributed by atoms with Gasteiger partial charge in [-0.25, -0.2) is 17.2 Å². The molecule has 5 nitrogen and oxygen atoms in total. The fourth-order valence-electron chi connectivity index (χ4n) is 4.15. The zero-order valence-corrected chi connectivity index (χ0v) is 15.3. The number of sulfonamides is 1. The third kappa shape index (κ3) is 3.92. The summed E-state index contributed by atoms with van der Waals surface area (Å²) in [7, 11) is -3.32. The summed E-state index contributed by atoms with van der Waals surface area (Å²) in [5.41, 5.74) is 0. The molecular weight excluding hydrogens is 338 g/mol. The van der Waals surface area contributed by atoms with Crippen molar-refractivity contribution in [3.63, 3.8) is 0 Å². The van der Waals surface area contributed by atoms with E-state index in [-0.39, 0.29) is 49.3 Å². The number of nitrogens with zero attached hydrogens (tertiary/aromatic N) is 2. The highest BCUT2D eigenvalue weighted by Crippen LogP contribution is 2.37. The molecule has 2 heterocycles. The van der Waals surface area contributed by atoms with Gasteiger partial charge in [0.25, 0.3) is 0 Å². The highest BCUT2D eigenvalue weighted by molar-refractivity contribution is 7.89. The molecule has 1 aliphatic carbocycles. The standard InChI is InChI=1S/C16H28F2N2O3S/c1-12(2)9-20-14-10-19(13-3-5-16(17,18)6-4-13)11-15(14)23-7-8-24(20,21)22/h12-15H,3-11H2,1-2H3/t14-,15+/m1/s1. The van der Waals surface area contributed by atoms with E-state index in [2.05, 4.69) is 4.90 Å². The highest BCUT2D eigenvalue weighted by Gasteiger charge is 2.47. The summed E-state index contributed by atoms with van der Waals surface area (Å²) in [6, 6.07) is -0.0777. The summed E-state index contributed by atoms with van der Waals surface area (Å²) < 4.78 is 59.4. The van der Waals surface area contributed by atoms with Crippen LogP contribution in [-0.4, -0.2) is 73.7 Å². The Bertz CT molecular complexity index is 546. The van der Waals surface area contributed by atoms with E-state index < -0.39 is 15.9 Å². The first kappa shape index (κ1) is 18.5. The van der Waals surface area contributed by atoms with Crippen molar-refractivity contribution < 1.29 is 21.9 Å². The molecule has 140 valence electrons. The molecule has 0 amide bonds. The summed E-state index contributed by atoms with van der Waals surface area (Å²) in [4.78, 5) is 2.18.